The topological polar surface area (TPSA) is 69.6 Å². The van der Waals surface area contributed by atoms with Crippen LogP contribution < -0.4 is 5.32 Å². The SMILES string of the molecule is CC(C)CNC(=O)N1CCC[C@H](CC(=O)O)C1. The van der Waals surface area contributed by atoms with Crippen LogP contribution in [0.2, 0.25) is 0 Å². The van der Waals surface area contributed by atoms with Crippen molar-refractivity contribution in [2.24, 2.45) is 11.8 Å². The van der Waals surface area contributed by atoms with Crippen LogP contribution >= 0.6 is 0 Å². The van der Waals surface area contributed by atoms with E-state index in [1.165, 1.54) is 0 Å². The van der Waals surface area contributed by atoms with Gasteiger partial charge in [-0.3, -0.25) is 4.79 Å². The third kappa shape index (κ3) is 5.06. The lowest BCUT2D eigenvalue weighted by atomic mass is 9.95. The van der Waals surface area contributed by atoms with E-state index in [0.29, 0.717) is 19.0 Å². The van der Waals surface area contributed by atoms with Crippen LogP contribution in [-0.2, 0) is 4.79 Å². The molecule has 0 aromatic carbocycles. The fourth-order valence-electron chi connectivity index (χ4n) is 2.07. The minimum Gasteiger partial charge on any atom is -0.481 e. The molecule has 0 aliphatic carbocycles. The van der Waals surface area contributed by atoms with E-state index in [1.54, 1.807) is 4.90 Å². The minimum absolute atomic E-state index is 0.0613. The van der Waals surface area contributed by atoms with Crippen molar-refractivity contribution >= 4 is 12.0 Å². The average Bonchev–Trinajstić information content (AvgIpc) is 2.25. The summed E-state index contributed by atoms with van der Waals surface area (Å²) in [6.07, 6.45) is 1.96. The Morgan fingerprint density at radius 1 is 1.47 bits per heavy atom. The molecule has 0 unspecified atom stereocenters. The van der Waals surface area contributed by atoms with Crippen LogP contribution in [0.1, 0.15) is 33.1 Å². The van der Waals surface area contributed by atoms with Crippen LogP contribution in [0, 0.1) is 11.8 Å². The number of nitrogens with zero attached hydrogens (tertiary/aromatic N) is 1. The van der Waals surface area contributed by atoms with E-state index in [0.717, 1.165) is 19.4 Å². The van der Waals surface area contributed by atoms with Gasteiger partial charge in [0.1, 0.15) is 0 Å². The number of hydrogen-bond donors (Lipinski definition) is 2. The number of hydrogen-bond acceptors (Lipinski definition) is 2. The Bertz CT molecular complexity index is 279. The second kappa shape index (κ2) is 6.47. The van der Waals surface area contributed by atoms with Crippen LogP contribution in [0.5, 0.6) is 0 Å². The first-order valence-corrected chi connectivity index (χ1v) is 6.23. The molecule has 1 heterocycles. The van der Waals surface area contributed by atoms with E-state index in [2.05, 4.69) is 5.32 Å². The average molecular weight is 242 g/mol. The van der Waals surface area contributed by atoms with Gasteiger partial charge in [0.25, 0.3) is 0 Å². The zero-order valence-electron chi connectivity index (χ0n) is 10.6. The molecule has 0 aromatic heterocycles. The number of piperidine rings is 1. The van der Waals surface area contributed by atoms with Crippen LogP contribution in [0.3, 0.4) is 0 Å². The lowest BCUT2D eigenvalue weighted by Crippen LogP contribution is -2.46. The van der Waals surface area contributed by atoms with Crippen LogP contribution in [0.4, 0.5) is 4.79 Å². The molecule has 0 aromatic rings. The van der Waals surface area contributed by atoms with E-state index in [1.807, 2.05) is 13.8 Å². The number of urea groups is 1. The van der Waals surface area contributed by atoms with Gasteiger partial charge in [-0.2, -0.15) is 0 Å². The minimum atomic E-state index is -0.778. The summed E-state index contributed by atoms with van der Waals surface area (Å²) in [5, 5.41) is 11.6. The van der Waals surface area contributed by atoms with Gasteiger partial charge in [-0.15, -0.1) is 0 Å². The third-order valence-electron chi connectivity index (χ3n) is 2.93. The lowest BCUT2D eigenvalue weighted by Gasteiger charge is -2.32. The van der Waals surface area contributed by atoms with E-state index < -0.39 is 5.97 Å². The Labute approximate surface area is 102 Å². The zero-order valence-corrected chi connectivity index (χ0v) is 10.6. The molecule has 1 saturated heterocycles. The Balaban J connectivity index is 2.37. The molecule has 1 aliphatic rings. The molecule has 0 radical (unpaired) electrons. The highest BCUT2D eigenvalue weighted by Gasteiger charge is 2.24. The van der Waals surface area contributed by atoms with Gasteiger partial charge in [0.15, 0.2) is 0 Å². The van der Waals surface area contributed by atoms with Crippen molar-refractivity contribution in [1.82, 2.24) is 10.2 Å². The summed E-state index contributed by atoms with van der Waals surface area (Å²) < 4.78 is 0. The van der Waals surface area contributed by atoms with Gasteiger partial charge in [0.05, 0.1) is 0 Å². The standard InChI is InChI=1S/C12H22N2O3/c1-9(2)7-13-12(17)14-5-3-4-10(8-14)6-11(15)16/h9-10H,3-8H2,1-2H3,(H,13,17)(H,15,16)/t10-/m1/s1. The quantitative estimate of drug-likeness (QED) is 0.785. The molecule has 1 aliphatic heterocycles. The van der Waals surface area contributed by atoms with Gasteiger partial charge in [-0.25, -0.2) is 4.79 Å². The first-order valence-electron chi connectivity index (χ1n) is 6.23. The first-order chi connectivity index (χ1) is 7.99. The molecule has 5 nitrogen and oxygen atoms in total. The van der Waals surface area contributed by atoms with E-state index in [-0.39, 0.29) is 18.4 Å². The summed E-state index contributed by atoms with van der Waals surface area (Å²) in [7, 11) is 0. The highest BCUT2D eigenvalue weighted by molar-refractivity contribution is 5.74. The van der Waals surface area contributed by atoms with Crippen molar-refractivity contribution in [1.29, 1.82) is 0 Å². The summed E-state index contributed by atoms with van der Waals surface area (Å²) in [6, 6.07) is -0.0613. The maximum Gasteiger partial charge on any atom is 0.317 e. The number of aliphatic carboxylic acids is 1. The number of rotatable bonds is 4. The number of carboxylic acid groups (broad SMARTS) is 1. The molecule has 2 N–H and O–H groups in total. The molecule has 1 fully saturated rings. The van der Waals surface area contributed by atoms with Crippen molar-refractivity contribution in [3.05, 3.63) is 0 Å². The van der Waals surface area contributed by atoms with Crippen LogP contribution in [0.15, 0.2) is 0 Å². The number of amides is 2. The largest absolute Gasteiger partial charge is 0.481 e. The number of carbonyl (C=O) groups excluding carboxylic acids is 1. The summed E-state index contributed by atoms with van der Waals surface area (Å²) >= 11 is 0. The van der Waals surface area contributed by atoms with Crippen molar-refractivity contribution in [3.63, 3.8) is 0 Å². The highest BCUT2D eigenvalue weighted by Crippen LogP contribution is 2.19. The first kappa shape index (κ1) is 13.8. The number of nitrogens with one attached hydrogen (secondary N) is 1. The Kier molecular flexibility index (Phi) is 5.25. The summed E-state index contributed by atoms with van der Waals surface area (Å²) in [5.41, 5.74) is 0. The predicted octanol–water partition coefficient (Wildman–Crippen LogP) is 1.54. The predicted molar refractivity (Wildman–Crippen MR) is 64.8 cm³/mol. The number of carboxylic acids is 1. The second-order valence-electron chi connectivity index (χ2n) is 5.13. The highest BCUT2D eigenvalue weighted by atomic mass is 16.4. The van der Waals surface area contributed by atoms with Gasteiger partial charge in [0.2, 0.25) is 0 Å². The summed E-state index contributed by atoms with van der Waals surface area (Å²) in [4.78, 5) is 24.2. The van der Waals surface area contributed by atoms with Crippen LogP contribution in [-0.4, -0.2) is 41.6 Å². The fraction of sp³-hybridized carbons (Fsp3) is 0.833. The maximum atomic E-state index is 11.8. The van der Waals surface area contributed by atoms with Crippen molar-refractivity contribution in [2.75, 3.05) is 19.6 Å². The molecule has 5 heteroatoms. The Morgan fingerprint density at radius 2 is 2.18 bits per heavy atom. The van der Waals surface area contributed by atoms with Crippen molar-refractivity contribution in [3.8, 4) is 0 Å². The van der Waals surface area contributed by atoms with E-state index in [4.69, 9.17) is 5.11 Å². The number of likely N-dealkylation sites (tertiary alicyclic amines) is 1. The number of carbonyl (C=O) groups is 2. The summed E-state index contributed by atoms with van der Waals surface area (Å²) in [5.74, 6) is -0.246. The Hall–Kier alpha value is -1.26. The summed E-state index contributed by atoms with van der Waals surface area (Å²) in [6.45, 7) is 6.06. The molecule has 0 spiro atoms. The molecule has 17 heavy (non-hydrogen) atoms. The van der Waals surface area contributed by atoms with Gasteiger partial charge in [-0.05, 0) is 24.7 Å². The molecule has 2 amide bonds. The van der Waals surface area contributed by atoms with Gasteiger partial charge < -0.3 is 15.3 Å². The fourth-order valence-corrected chi connectivity index (χ4v) is 2.07. The lowest BCUT2D eigenvalue weighted by molar-refractivity contribution is -0.138. The molecular formula is C12H22N2O3. The van der Waals surface area contributed by atoms with Crippen LogP contribution in [0.25, 0.3) is 0 Å². The van der Waals surface area contributed by atoms with Crippen molar-refractivity contribution < 1.29 is 14.7 Å². The van der Waals surface area contributed by atoms with E-state index in [9.17, 15) is 9.59 Å². The third-order valence-corrected chi connectivity index (χ3v) is 2.93. The zero-order chi connectivity index (χ0) is 12.8. The molecule has 1 atom stereocenters. The van der Waals surface area contributed by atoms with Gasteiger partial charge in [-0.1, -0.05) is 13.8 Å². The normalized spacial score (nSPS) is 20.4. The van der Waals surface area contributed by atoms with Gasteiger partial charge in [0, 0.05) is 26.1 Å². The maximum absolute atomic E-state index is 11.8. The van der Waals surface area contributed by atoms with E-state index >= 15 is 0 Å². The second-order valence-corrected chi connectivity index (χ2v) is 5.13. The molecule has 1 rings (SSSR count). The molecule has 0 bridgehead atoms. The molecule has 0 saturated carbocycles. The smallest absolute Gasteiger partial charge is 0.317 e. The van der Waals surface area contributed by atoms with Crippen molar-refractivity contribution in [2.45, 2.75) is 33.1 Å². The van der Waals surface area contributed by atoms with Gasteiger partial charge >= 0.3 is 12.0 Å². The molecular weight excluding hydrogens is 220 g/mol. The molecule has 98 valence electrons. The monoisotopic (exact) mass is 242 g/mol. The Morgan fingerprint density at radius 3 is 2.76 bits per heavy atom.